The van der Waals surface area contributed by atoms with E-state index in [1.54, 1.807) is 0 Å². The van der Waals surface area contributed by atoms with Crippen molar-refractivity contribution in [2.45, 2.75) is 33.7 Å². The molecule has 0 aliphatic rings. The van der Waals surface area contributed by atoms with Gasteiger partial charge < -0.3 is 15.2 Å². The highest BCUT2D eigenvalue weighted by atomic mass is 16.5. The third-order valence-corrected chi connectivity index (χ3v) is 3.85. The summed E-state index contributed by atoms with van der Waals surface area (Å²) in [6.07, 6.45) is 0. The van der Waals surface area contributed by atoms with Gasteiger partial charge in [-0.2, -0.15) is 10.1 Å². The van der Waals surface area contributed by atoms with Gasteiger partial charge in [0.25, 0.3) is 5.89 Å². The van der Waals surface area contributed by atoms with E-state index in [1.165, 1.54) is 0 Å². The highest BCUT2D eigenvalue weighted by Gasteiger charge is 2.21. The van der Waals surface area contributed by atoms with Gasteiger partial charge in [-0.05, 0) is 26.9 Å². The number of hydrogen-bond acceptors (Lipinski definition) is 6. The van der Waals surface area contributed by atoms with E-state index in [0.717, 1.165) is 36.6 Å². The van der Waals surface area contributed by atoms with Crippen molar-refractivity contribution in [2.24, 2.45) is 12.8 Å². The summed E-state index contributed by atoms with van der Waals surface area (Å²) in [6.45, 7) is 10.8. The topological polar surface area (TPSA) is 86.0 Å². The molecular weight excluding hydrogens is 268 g/mol. The third kappa shape index (κ3) is 3.14. The molecule has 0 aliphatic heterocycles. The zero-order valence-corrected chi connectivity index (χ0v) is 13.4. The van der Waals surface area contributed by atoms with Crippen molar-refractivity contribution in [2.75, 3.05) is 19.6 Å². The Kier molecular flexibility index (Phi) is 4.74. The van der Waals surface area contributed by atoms with Crippen molar-refractivity contribution in [3.05, 3.63) is 17.2 Å². The first kappa shape index (κ1) is 15.7. The molecule has 2 rings (SSSR count). The largest absolute Gasteiger partial charge is 0.334 e. The Bertz CT molecular complexity index is 599. The van der Waals surface area contributed by atoms with Gasteiger partial charge in [0.1, 0.15) is 0 Å². The van der Waals surface area contributed by atoms with Crippen molar-refractivity contribution in [3.8, 4) is 11.5 Å². The first-order valence-electron chi connectivity index (χ1n) is 7.30. The summed E-state index contributed by atoms with van der Waals surface area (Å²) in [7, 11) is 1.90. The molecule has 0 saturated heterocycles. The van der Waals surface area contributed by atoms with Crippen LogP contribution in [0.2, 0.25) is 0 Å². The molecular formula is C14H24N6O. The van der Waals surface area contributed by atoms with E-state index in [2.05, 4.69) is 34.0 Å². The molecule has 116 valence electrons. The number of likely N-dealkylation sites (N-methyl/N-ethyl adjacent to an activating group) is 1. The predicted molar refractivity (Wildman–Crippen MR) is 80.7 cm³/mol. The number of rotatable bonds is 6. The van der Waals surface area contributed by atoms with Crippen LogP contribution in [0.25, 0.3) is 11.5 Å². The Labute approximate surface area is 125 Å². The Balaban J connectivity index is 2.21. The van der Waals surface area contributed by atoms with E-state index in [9.17, 15) is 0 Å². The van der Waals surface area contributed by atoms with Crippen LogP contribution in [-0.2, 0) is 7.05 Å². The van der Waals surface area contributed by atoms with Gasteiger partial charge in [0.2, 0.25) is 0 Å². The molecule has 0 saturated carbocycles. The summed E-state index contributed by atoms with van der Waals surface area (Å²) < 4.78 is 7.19. The second-order valence-corrected chi connectivity index (χ2v) is 5.22. The van der Waals surface area contributed by atoms with Crippen LogP contribution in [0.1, 0.15) is 37.1 Å². The van der Waals surface area contributed by atoms with Crippen LogP contribution in [0.3, 0.4) is 0 Å². The van der Waals surface area contributed by atoms with Gasteiger partial charge in [-0.25, -0.2) is 0 Å². The molecule has 1 atom stereocenters. The van der Waals surface area contributed by atoms with Crippen LogP contribution in [0.5, 0.6) is 0 Å². The lowest BCUT2D eigenvalue weighted by molar-refractivity contribution is 0.278. The minimum Gasteiger partial charge on any atom is -0.334 e. The molecule has 2 heterocycles. The van der Waals surface area contributed by atoms with Gasteiger partial charge in [-0.3, -0.25) is 4.68 Å². The second-order valence-electron chi connectivity index (χ2n) is 5.22. The number of nitrogens with two attached hydrogens (primary N) is 1. The van der Waals surface area contributed by atoms with Gasteiger partial charge >= 0.3 is 0 Å². The lowest BCUT2D eigenvalue weighted by atomic mass is 10.2. The maximum absolute atomic E-state index is 6.17. The molecule has 2 N–H and O–H groups in total. The highest BCUT2D eigenvalue weighted by Crippen LogP contribution is 2.25. The monoisotopic (exact) mass is 292 g/mol. The van der Waals surface area contributed by atoms with E-state index in [0.29, 0.717) is 11.7 Å². The molecule has 7 nitrogen and oxygen atoms in total. The van der Waals surface area contributed by atoms with Crippen LogP contribution in [0, 0.1) is 13.8 Å². The van der Waals surface area contributed by atoms with Crippen LogP contribution in [-0.4, -0.2) is 44.5 Å². The van der Waals surface area contributed by atoms with Gasteiger partial charge in [0, 0.05) is 19.3 Å². The smallest absolute Gasteiger partial charge is 0.261 e. The van der Waals surface area contributed by atoms with Crippen molar-refractivity contribution in [1.82, 2.24) is 24.8 Å². The maximum Gasteiger partial charge on any atom is 0.261 e. The molecule has 0 fully saturated rings. The van der Waals surface area contributed by atoms with Crippen LogP contribution < -0.4 is 5.73 Å². The Morgan fingerprint density at radius 3 is 2.48 bits per heavy atom. The summed E-state index contributed by atoms with van der Waals surface area (Å²) in [4.78, 5) is 6.69. The maximum atomic E-state index is 6.17. The van der Waals surface area contributed by atoms with Crippen molar-refractivity contribution in [1.29, 1.82) is 0 Å². The second kappa shape index (κ2) is 6.36. The predicted octanol–water partition coefficient (Wildman–Crippen LogP) is 1.43. The average Bonchev–Trinajstić information content (AvgIpc) is 3.02. The number of nitrogens with zero attached hydrogens (tertiary/aromatic N) is 5. The molecule has 0 aliphatic carbocycles. The van der Waals surface area contributed by atoms with Gasteiger partial charge in [0.05, 0.1) is 17.3 Å². The van der Waals surface area contributed by atoms with Gasteiger partial charge in [0.15, 0.2) is 5.82 Å². The summed E-state index contributed by atoms with van der Waals surface area (Å²) in [5, 5.41) is 8.40. The van der Waals surface area contributed by atoms with Crippen LogP contribution >= 0.6 is 0 Å². The third-order valence-electron chi connectivity index (χ3n) is 3.85. The molecule has 0 amide bonds. The molecule has 21 heavy (non-hydrogen) atoms. The Hall–Kier alpha value is -1.73. The van der Waals surface area contributed by atoms with E-state index in [-0.39, 0.29) is 6.04 Å². The fourth-order valence-corrected chi connectivity index (χ4v) is 2.41. The normalized spacial score (nSPS) is 13.1. The quantitative estimate of drug-likeness (QED) is 0.866. The Morgan fingerprint density at radius 2 is 1.95 bits per heavy atom. The van der Waals surface area contributed by atoms with E-state index < -0.39 is 0 Å². The number of aryl methyl sites for hydroxylation is 2. The molecule has 1 unspecified atom stereocenters. The van der Waals surface area contributed by atoms with Crippen molar-refractivity contribution in [3.63, 3.8) is 0 Å². The first-order chi connectivity index (χ1) is 9.97. The molecule has 0 aromatic carbocycles. The number of aromatic nitrogens is 4. The Morgan fingerprint density at radius 1 is 1.29 bits per heavy atom. The van der Waals surface area contributed by atoms with Crippen molar-refractivity contribution >= 4 is 0 Å². The highest BCUT2D eigenvalue weighted by molar-refractivity contribution is 5.59. The average molecular weight is 292 g/mol. The molecule has 0 radical (unpaired) electrons. The van der Waals surface area contributed by atoms with E-state index in [4.69, 9.17) is 10.3 Å². The van der Waals surface area contributed by atoms with Crippen LogP contribution in [0.15, 0.2) is 4.52 Å². The SMILES string of the molecule is CCN(CC)CC(N)c1noc(-c2c(C)nn(C)c2C)n1. The summed E-state index contributed by atoms with van der Waals surface area (Å²) >= 11 is 0. The lowest BCUT2D eigenvalue weighted by Crippen LogP contribution is -2.32. The van der Waals surface area contributed by atoms with Crippen LogP contribution in [0.4, 0.5) is 0 Å². The molecule has 7 heteroatoms. The lowest BCUT2D eigenvalue weighted by Gasteiger charge is -2.20. The fraction of sp³-hybridized carbons (Fsp3) is 0.643. The van der Waals surface area contributed by atoms with E-state index >= 15 is 0 Å². The zero-order valence-electron chi connectivity index (χ0n) is 13.4. The minimum atomic E-state index is -0.250. The van der Waals surface area contributed by atoms with Crippen molar-refractivity contribution < 1.29 is 4.52 Å². The molecule has 2 aromatic heterocycles. The molecule has 0 spiro atoms. The summed E-state index contributed by atoms with van der Waals surface area (Å²) in [5.41, 5.74) is 8.94. The summed E-state index contributed by atoms with van der Waals surface area (Å²) in [5.74, 6) is 1.03. The summed E-state index contributed by atoms with van der Waals surface area (Å²) in [6, 6.07) is -0.250. The molecule has 2 aromatic rings. The standard InChI is InChI=1S/C14H24N6O/c1-6-20(7-2)8-11(15)13-16-14(21-18-13)12-9(3)17-19(5)10(12)4/h11H,6-8,15H2,1-5H3. The zero-order chi connectivity index (χ0) is 15.6. The van der Waals surface area contributed by atoms with E-state index in [1.807, 2.05) is 25.6 Å². The first-order valence-corrected chi connectivity index (χ1v) is 7.30. The fourth-order valence-electron chi connectivity index (χ4n) is 2.41. The minimum absolute atomic E-state index is 0.250. The van der Waals surface area contributed by atoms with Gasteiger partial charge in [-0.1, -0.05) is 19.0 Å². The van der Waals surface area contributed by atoms with Gasteiger partial charge in [-0.15, -0.1) is 0 Å². The number of hydrogen-bond donors (Lipinski definition) is 1. The molecule has 0 bridgehead atoms.